The number of nitrogens with zero attached hydrogens (tertiary/aromatic N) is 2. The van der Waals surface area contributed by atoms with E-state index in [0.717, 1.165) is 16.2 Å². The van der Waals surface area contributed by atoms with Crippen LogP contribution in [0.1, 0.15) is 28.9 Å². The van der Waals surface area contributed by atoms with Crippen LogP contribution >= 0.6 is 11.8 Å². The molecule has 0 aliphatic carbocycles. The van der Waals surface area contributed by atoms with Crippen LogP contribution in [0.3, 0.4) is 0 Å². The van der Waals surface area contributed by atoms with Gasteiger partial charge in [0.15, 0.2) is 5.16 Å². The highest BCUT2D eigenvalue weighted by Gasteiger charge is 2.16. The van der Waals surface area contributed by atoms with E-state index in [4.69, 9.17) is 4.98 Å². The Morgan fingerprint density at radius 1 is 0.929 bits per heavy atom. The molecule has 0 bridgehead atoms. The van der Waals surface area contributed by atoms with Crippen LogP contribution in [0.15, 0.2) is 88.8 Å². The molecule has 0 amide bonds. The van der Waals surface area contributed by atoms with Crippen molar-refractivity contribution < 1.29 is 0 Å². The molecule has 0 aliphatic rings. The van der Waals surface area contributed by atoms with Gasteiger partial charge in [-0.05, 0) is 37.1 Å². The van der Waals surface area contributed by atoms with Crippen LogP contribution < -0.4 is 5.56 Å². The molecule has 4 aromatic rings. The average molecular weight is 387 g/mol. The number of hydrogen-bond acceptors (Lipinski definition) is 3. The minimum absolute atomic E-state index is 0.00827. The highest BCUT2D eigenvalue weighted by molar-refractivity contribution is 7.99. The van der Waals surface area contributed by atoms with E-state index < -0.39 is 0 Å². The Morgan fingerprint density at radius 2 is 1.61 bits per heavy atom. The second-order valence-electron chi connectivity index (χ2n) is 6.96. The number of aryl methyl sites for hydroxylation is 1. The molecule has 0 saturated carbocycles. The van der Waals surface area contributed by atoms with Gasteiger partial charge in [-0.15, -0.1) is 0 Å². The Kier molecular flexibility index (Phi) is 5.31. The second kappa shape index (κ2) is 8.03. The molecule has 28 heavy (non-hydrogen) atoms. The standard InChI is InChI=1S/C24H22N2OS/c1-17-12-14-19(15-13-17)16-26-23(27)21-10-6-7-11-22(21)25-24(26)28-18(2)20-8-4-3-5-9-20/h3-15,18H,16H2,1-2H3. The van der Waals surface area contributed by atoms with E-state index >= 15 is 0 Å². The van der Waals surface area contributed by atoms with Crippen molar-refractivity contribution in [2.45, 2.75) is 30.8 Å². The highest BCUT2D eigenvalue weighted by Crippen LogP contribution is 2.33. The number of hydrogen-bond donors (Lipinski definition) is 0. The molecule has 4 heteroatoms. The van der Waals surface area contributed by atoms with Crippen LogP contribution in [0.2, 0.25) is 0 Å². The first kappa shape index (κ1) is 18.5. The van der Waals surface area contributed by atoms with Crippen LogP contribution in [0.4, 0.5) is 0 Å². The molecule has 3 aromatic carbocycles. The molecule has 0 spiro atoms. The summed E-state index contributed by atoms with van der Waals surface area (Å²) in [5.74, 6) is 0. The summed E-state index contributed by atoms with van der Waals surface area (Å²) < 4.78 is 1.80. The van der Waals surface area contributed by atoms with E-state index in [1.54, 1.807) is 16.3 Å². The monoisotopic (exact) mass is 386 g/mol. The number of para-hydroxylation sites is 1. The van der Waals surface area contributed by atoms with Gasteiger partial charge in [0, 0.05) is 5.25 Å². The molecule has 1 atom stereocenters. The summed E-state index contributed by atoms with van der Waals surface area (Å²) in [6.45, 7) is 4.73. The van der Waals surface area contributed by atoms with Crippen LogP contribution in [-0.4, -0.2) is 9.55 Å². The first-order chi connectivity index (χ1) is 13.6. The van der Waals surface area contributed by atoms with Crippen molar-refractivity contribution in [1.29, 1.82) is 0 Å². The SMILES string of the molecule is Cc1ccc(Cn2c(SC(C)c3ccccc3)nc3ccccc3c2=O)cc1. The predicted octanol–water partition coefficient (Wildman–Crippen LogP) is 5.61. The third kappa shape index (κ3) is 3.87. The van der Waals surface area contributed by atoms with E-state index in [-0.39, 0.29) is 10.8 Å². The van der Waals surface area contributed by atoms with Gasteiger partial charge < -0.3 is 0 Å². The fraction of sp³-hybridized carbons (Fsp3) is 0.167. The Hall–Kier alpha value is -2.85. The minimum Gasteiger partial charge on any atom is -0.283 e. The lowest BCUT2D eigenvalue weighted by molar-refractivity contribution is 0.656. The number of fused-ring (bicyclic) bond motifs is 1. The normalized spacial score (nSPS) is 12.2. The summed E-state index contributed by atoms with van der Waals surface area (Å²) in [5.41, 5.74) is 4.28. The molecule has 1 aromatic heterocycles. The highest BCUT2D eigenvalue weighted by atomic mass is 32.2. The molecular formula is C24H22N2OS. The third-order valence-electron chi connectivity index (χ3n) is 4.84. The van der Waals surface area contributed by atoms with Crippen molar-refractivity contribution in [2.75, 3.05) is 0 Å². The Bertz CT molecular complexity index is 1150. The third-order valence-corrected chi connectivity index (χ3v) is 5.99. The summed E-state index contributed by atoms with van der Waals surface area (Å²) >= 11 is 1.63. The number of aromatic nitrogens is 2. The lowest BCUT2D eigenvalue weighted by Gasteiger charge is -2.17. The van der Waals surface area contributed by atoms with Gasteiger partial charge in [-0.25, -0.2) is 4.98 Å². The molecule has 4 rings (SSSR count). The van der Waals surface area contributed by atoms with Crippen molar-refractivity contribution in [2.24, 2.45) is 0 Å². The van der Waals surface area contributed by atoms with Crippen molar-refractivity contribution in [1.82, 2.24) is 9.55 Å². The zero-order chi connectivity index (χ0) is 19.5. The van der Waals surface area contributed by atoms with E-state index in [9.17, 15) is 4.79 Å². The van der Waals surface area contributed by atoms with Gasteiger partial charge in [-0.3, -0.25) is 9.36 Å². The van der Waals surface area contributed by atoms with Crippen molar-refractivity contribution in [3.8, 4) is 0 Å². The van der Waals surface area contributed by atoms with Gasteiger partial charge in [-0.1, -0.05) is 84.1 Å². The Morgan fingerprint density at radius 3 is 2.36 bits per heavy atom. The van der Waals surface area contributed by atoms with Crippen LogP contribution in [-0.2, 0) is 6.54 Å². The minimum atomic E-state index is 0.00827. The summed E-state index contributed by atoms with van der Waals surface area (Å²) in [5, 5.41) is 1.60. The number of rotatable bonds is 5. The summed E-state index contributed by atoms with van der Waals surface area (Å²) in [6, 6.07) is 26.2. The van der Waals surface area contributed by atoms with E-state index in [1.165, 1.54) is 11.1 Å². The van der Waals surface area contributed by atoms with Crippen LogP contribution in [0.25, 0.3) is 10.9 Å². The molecule has 0 fully saturated rings. The Labute approximate surface area is 169 Å². The number of thioether (sulfide) groups is 1. The van der Waals surface area contributed by atoms with Gasteiger partial charge in [-0.2, -0.15) is 0 Å². The van der Waals surface area contributed by atoms with Gasteiger partial charge in [0.25, 0.3) is 5.56 Å². The molecular weight excluding hydrogens is 364 g/mol. The van der Waals surface area contributed by atoms with E-state index in [2.05, 4.69) is 50.2 Å². The largest absolute Gasteiger partial charge is 0.283 e. The predicted molar refractivity (Wildman–Crippen MR) is 117 cm³/mol. The van der Waals surface area contributed by atoms with Crippen molar-refractivity contribution >= 4 is 22.7 Å². The molecule has 1 heterocycles. The first-order valence-corrected chi connectivity index (χ1v) is 10.3. The molecule has 3 nitrogen and oxygen atoms in total. The average Bonchev–Trinajstić information content (AvgIpc) is 2.73. The topological polar surface area (TPSA) is 34.9 Å². The first-order valence-electron chi connectivity index (χ1n) is 9.38. The Balaban J connectivity index is 1.78. The molecule has 0 radical (unpaired) electrons. The van der Waals surface area contributed by atoms with Crippen molar-refractivity contribution in [3.63, 3.8) is 0 Å². The zero-order valence-electron chi connectivity index (χ0n) is 16.0. The lowest BCUT2D eigenvalue weighted by Crippen LogP contribution is -2.24. The van der Waals surface area contributed by atoms with Gasteiger partial charge >= 0.3 is 0 Å². The summed E-state index contributed by atoms with van der Waals surface area (Å²) in [4.78, 5) is 18.1. The maximum atomic E-state index is 13.2. The summed E-state index contributed by atoms with van der Waals surface area (Å²) in [7, 11) is 0. The fourth-order valence-corrected chi connectivity index (χ4v) is 4.24. The van der Waals surface area contributed by atoms with E-state index in [0.29, 0.717) is 11.9 Å². The smallest absolute Gasteiger partial charge is 0.262 e. The zero-order valence-corrected chi connectivity index (χ0v) is 16.8. The quantitative estimate of drug-likeness (QED) is 0.330. The molecule has 0 saturated heterocycles. The molecule has 0 N–H and O–H groups in total. The van der Waals surface area contributed by atoms with Gasteiger partial charge in [0.2, 0.25) is 0 Å². The maximum absolute atomic E-state index is 13.2. The van der Waals surface area contributed by atoms with Gasteiger partial charge in [0.1, 0.15) is 0 Å². The molecule has 140 valence electrons. The second-order valence-corrected chi connectivity index (χ2v) is 8.27. The van der Waals surface area contributed by atoms with Crippen LogP contribution in [0.5, 0.6) is 0 Å². The lowest BCUT2D eigenvalue weighted by atomic mass is 10.1. The number of benzene rings is 3. The van der Waals surface area contributed by atoms with Crippen molar-refractivity contribution in [3.05, 3.63) is 106 Å². The van der Waals surface area contributed by atoms with Crippen LogP contribution in [0, 0.1) is 6.92 Å². The summed E-state index contributed by atoms with van der Waals surface area (Å²) in [6.07, 6.45) is 0. The van der Waals surface area contributed by atoms with E-state index in [1.807, 2.05) is 42.5 Å². The molecule has 1 unspecified atom stereocenters. The molecule has 0 aliphatic heterocycles. The maximum Gasteiger partial charge on any atom is 0.262 e. The van der Waals surface area contributed by atoms with Gasteiger partial charge in [0.05, 0.1) is 17.4 Å². The fourth-order valence-electron chi connectivity index (χ4n) is 3.20.